The van der Waals surface area contributed by atoms with Gasteiger partial charge in [-0.15, -0.1) is 0 Å². The maximum Gasteiger partial charge on any atom is 0.304 e. The highest BCUT2D eigenvalue weighted by Crippen LogP contribution is 2.23. The van der Waals surface area contributed by atoms with Crippen molar-refractivity contribution in [2.75, 3.05) is 13.7 Å². The Hall–Kier alpha value is -2.04. The van der Waals surface area contributed by atoms with Gasteiger partial charge in [0, 0.05) is 19.4 Å². The first-order valence-electron chi connectivity index (χ1n) is 5.63. The Labute approximate surface area is 106 Å². The Kier molecular flexibility index (Phi) is 5.17. The minimum atomic E-state index is -0.895. The normalized spacial score (nSPS) is 11.7. The molecule has 2 N–H and O–H groups in total. The van der Waals surface area contributed by atoms with Gasteiger partial charge in [-0.25, -0.2) is 0 Å². The summed E-state index contributed by atoms with van der Waals surface area (Å²) in [6.07, 6.45) is -0.0343. The number of nitrogens with one attached hydrogen (secondary N) is 1. The second kappa shape index (κ2) is 6.64. The molecule has 0 saturated carbocycles. The molecule has 0 fully saturated rings. The van der Waals surface area contributed by atoms with E-state index in [1.807, 2.05) is 6.07 Å². The zero-order valence-electron chi connectivity index (χ0n) is 10.5. The minimum Gasteiger partial charge on any atom is -0.497 e. The Bertz CT molecular complexity index is 431. The molecule has 0 bridgehead atoms. The summed E-state index contributed by atoms with van der Waals surface area (Å²) in [7, 11) is 1.55. The number of carboxylic acids is 1. The van der Waals surface area contributed by atoms with E-state index >= 15 is 0 Å². The van der Waals surface area contributed by atoms with Gasteiger partial charge < -0.3 is 15.2 Å². The summed E-state index contributed by atoms with van der Waals surface area (Å²) >= 11 is 0. The molecule has 1 rings (SSSR count). The van der Waals surface area contributed by atoms with Crippen LogP contribution in [0.25, 0.3) is 0 Å². The smallest absolute Gasteiger partial charge is 0.304 e. The van der Waals surface area contributed by atoms with Gasteiger partial charge in [-0.2, -0.15) is 0 Å². The molecular weight excluding hydrogens is 234 g/mol. The Morgan fingerprint density at radius 2 is 2.17 bits per heavy atom. The Balaban J connectivity index is 2.85. The fraction of sp³-hybridized carbons (Fsp3) is 0.385. The summed E-state index contributed by atoms with van der Waals surface area (Å²) in [6, 6.07) is 7.21. The molecule has 0 aliphatic carbocycles. The van der Waals surface area contributed by atoms with Crippen LogP contribution in [0.4, 0.5) is 0 Å². The molecule has 0 aliphatic heterocycles. The molecule has 18 heavy (non-hydrogen) atoms. The maximum atomic E-state index is 10.9. The first-order chi connectivity index (χ1) is 8.52. The largest absolute Gasteiger partial charge is 0.497 e. The number of rotatable bonds is 6. The summed E-state index contributed by atoms with van der Waals surface area (Å²) in [5, 5.41) is 11.5. The number of methoxy groups -OCH3 is 1. The van der Waals surface area contributed by atoms with Crippen LogP contribution in [0.5, 0.6) is 5.75 Å². The van der Waals surface area contributed by atoms with Gasteiger partial charge in [0.1, 0.15) is 5.75 Å². The second-order valence-corrected chi connectivity index (χ2v) is 4.01. The minimum absolute atomic E-state index is 0.0343. The van der Waals surface area contributed by atoms with Crippen molar-refractivity contribution in [1.29, 1.82) is 0 Å². The average Bonchev–Trinajstić information content (AvgIpc) is 2.34. The fourth-order valence-corrected chi connectivity index (χ4v) is 1.68. The Morgan fingerprint density at radius 1 is 1.44 bits per heavy atom. The molecule has 0 saturated heterocycles. The van der Waals surface area contributed by atoms with Gasteiger partial charge in [-0.05, 0) is 17.7 Å². The standard InChI is InChI=1S/C13H17NO4/c1-9(15)14-8-11(7-13(16)17)10-4-3-5-12(6-10)18-2/h3-6,11H,7-8H2,1-2H3,(H,14,15)(H,16,17). The molecule has 0 heterocycles. The highest BCUT2D eigenvalue weighted by molar-refractivity contribution is 5.73. The topological polar surface area (TPSA) is 75.6 Å². The zero-order valence-corrected chi connectivity index (χ0v) is 10.5. The number of carboxylic acid groups (broad SMARTS) is 1. The third kappa shape index (κ3) is 4.45. The van der Waals surface area contributed by atoms with Crippen LogP contribution in [0.1, 0.15) is 24.8 Å². The maximum absolute atomic E-state index is 10.9. The molecule has 0 radical (unpaired) electrons. The van der Waals surface area contributed by atoms with Crippen molar-refractivity contribution in [3.63, 3.8) is 0 Å². The van der Waals surface area contributed by atoms with Crippen molar-refractivity contribution in [2.24, 2.45) is 0 Å². The van der Waals surface area contributed by atoms with E-state index in [2.05, 4.69) is 5.32 Å². The monoisotopic (exact) mass is 251 g/mol. The van der Waals surface area contributed by atoms with Crippen LogP contribution in [0.3, 0.4) is 0 Å². The van der Waals surface area contributed by atoms with Crippen LogP contribution in [0.2, 0.25) is 0 Å². The zero-order chi connectivity index (χ0) is 13.5. The number of carbonyl (C=O) groups excluding carboxylic acids is 1. The molecule has 5 nitrogen and oxygen atoms in total. The van der Waals surface area contributed by atoms with Gasteiger partial charge in [0.2, 0.25) is 5.91 Å². The molecule has 1 aromatic carbocycles. The van der Waals surface area contributed by atoms with Crippen LogP contribution in [-0.2, 0) is 9.59 Å². The third-order valence-electron chi connectivity index (χ3n) is 2.58. The molecule has 1 amide bonds. The summed E-state index contributed by atoms with van der Waals surface area (Å²) in [6.45, 7) is 1.71. The van der Waals surface area contributed by atoms with Gasteiger partial charge >= 0.3 is 5.97 Å². The van der Waals surface area contributed by atoms with Gasteiger partial charge in [-0.3, -0.25) is 9.59 Å². The number of hydrogen-bond donors (Lipinski definition) is 2. The molecule has 5 heteroatoms. The van der Waals surface area contributed by atoms with Crippen LogP contribution >= 0.6 is 0 Å². The first-order valence-corrected chi connectivity index (χ1v) is 5.63. The molecular formula is C13H17NO4. The summed E-state index contributed by atoms with van der Waals surface area (Å²) in [5.41, 5.74) is 0.838. The highest BCUT2D eigenvalue weighted by Gasteiger charge is 2.16. The predicted octanol–water partition coefficient (Wildman–Crippen LogP) is 1.39. The van der Waals surface area contributed by atoms with Crippen LogP contribution in [-0.4, -0.2) is 30.6 Å². The average molecular weight is 251 g/mol. The molecule has 0 spiro atoms. The summed E-state index contributed by atoms with van der Waals surface area (Å²) < 4.78 is 5.10. The van der Waals surface area contributed by atoms with Crippen LogP contribution < -0.4 is 10.1 Å². The SMILES string of the molecule is COc1cccc(C(CNC(C)=O)CC(=O)O)c1. The van der Waals surface area contributed by atoms with Crippen LogP contribution in [0, 0.1) is 0 Å². The lowest BCUT2D eigenvalue weighted by Crippen LogP contribution is -2.27. The fourth-order valence-electron chi connectivity index (χ4n) is 1.68. The molecule has 1 unspecified atom stereocenters. The van der Waals surface area contributed by atoms with Crippen LogP contribution in [0.15, 0.2) is 24.3 Å². The second-order valence-electron chi connectivity index (χ2n) is 4.01. The summed E-state index contributed by atoms with van der Waals surface area (Å²) in [4.78, 5) is 21.7. The lowest BCUT2D eigenvalue weighted by atomic mass is 9.95. The van der Waals surface area contributed by atoms with E-state index < -0.39 is 5.97 Å². The lowest BCUT2D eigenvalue weighted by Gasteiger charge is -2.16. The number of hydrogen-bond acceptors (Lipinski definition) is 3. The van der Waals surface area contributed by atoms with Crippen molar-refractivity contribution in [2.45, 2.75) is 19.3 Å². The van der Waals surface area contributed by atoms with Crippen molar-refractivity contribution >= 4 is 11.9 Å². The van der Waals surface area contributed by atoms with E-state index in [1.54, 1.807) is 25.3 Å². The Morgan fingerprint density at radius 3 is 2.72 bits per heavy atom. The van der Waals surface area contributed by atoms with Crippen molar-refractivity contribution in [1.82, 2.24) is 5.32 Å². The van der Waals surface area contributed by atoms with Gasteiger partial charge in [0.15, 0.2) is 0 Å². The first kappa shape index (κ1) is 14.0. The molecule has 0 aromatic heterocycles. The molecule has 98 valence electrons. The molecule has 1 atom stereocenters. The quantitative estimate of drug-likeness (QED) is 0.801. The number of carbonyl (C=O) groups is 2. The van der Waals surface area contributed by atoms with E-state index in [0.717, 1.165) is 5.56 Å². The number of aliphatic carboxylic acids is 1. The van der Waals surface area contributed by atoms with E-state index in [1.165, 1.54) is 6.92 Å². The van der Waals surface area contributed by atoms with Gasteiger partial charge in [0.25, 0.3) is 0 Å². The number of benzene rings is 1. The van der Waals surface area contributed by atoms with E-state index in [0.29, 0.717) is 12.3 Å². The number of ether oxygens (including phenoxy) is 1. The van der Waals surface area contributed by atoms with Gasteiger partial charge in [0.05, 0.1) is 13.5 Å². The van der Waals surface area contributed by atoms with Crippen molar-refractivity contribution in [3.8, 4) is 5.75 Å². The predicted molar refractivity (Wildman–Crippen MR) is 66.7 cm³/mol. The van der Waals surface area contributed by atoms with E-state index in [-0.39, 0.29) is 18.2 Å². The van der Waals surface area contributed by atoms with E-state index in [4.69, 9.17) is 9.84 Å². The third-order valence-corrected chi connectivity index (χ3v) is 2.58. The van der Waals surface area contributed by atoms with Crippen molar-refractivity contribution in [3.05, 3.63) is 29.8 Å². The summed E-state index contributed by atoms with van der Waals surface area (Å²) in [5.74, 6) is -0.659. The highest BCUT2D eigenvalue weighted by atomic mass is 16.5. The lowest BCUT2D eigenvalue weighted by molar-refractivity contribution is -0.137. The molecule has 0 aliphatic rings. The van der Waals surface area contributed by atoms with Gasteiger partial charge in [-0.1, -0.05) is 12.1 Å². The number of amides is 1. The molecule has 1 aromatic rings. The van der Waals surface area contributed by atoms with E-state index in [9.17, 15) is 9.59 Å². The van der Waals surface area contributed by atoms with Crippen molar-refractivity contribution < 1.29 is 19.4 Å².